The van der Waals surface area contributed by atoms with Gasteiger partial charge in [0.05, 0.1) is 0 Å². The van der Waals surface area contributed by atoms with Crippen LogP contribution in [0.5, 0.6) is 0 Å². The number of rotatable bonds is 5. The molecule has 0 saturated heterocycles. The van der Waals surface area contributed by atoms with Gasteiger partial charge in [-0.3, -0.25) is 0 Å². The molecule has 0 heterocycles. The largest absolute Gasteiger partial charge is 0.380 e. The molecule has 0 aromatic heterocycles. The average Bonchev–Trinajstić information content (AvgIpc) is 2.50. The van der Waals surface area contributed by atoms with Crippen LogP contribution in [-0.4, -0.2) is 0 Å². The maximum atomic E-state index is 3.58. The van der Waals surface area contributed by atoms with Crippen molar-refractivity contribution < 1.29 is 0 Å². The maximum absolute atomic E-state index is 3.58. The Labute approximate surface area is 134 Å². The molecule has 0 spiro atoms. The van der Waals surface area contributed by atoms with Gasteiger partial charge in [-0.1, -0.05) is 65.7 Å². The summed E-state index contributed by atoms with van der Waals surface area (Å²) in [5, 5.41) is 3.58. The van der Waals surface area contributed by atoms with E-state index in [1.807, 2.05) is 0 Å². The Morgan fingerprint density at radius 2 is 1.59 bits per heavy atom. The molecule has 2 rings (SSSR count). The van der Waals surface area contributed by atoms with E-state index in [1.165, 1.54) is 27.8 Å². The van der Waals surface area contributed by atoms with Crippen LogP contribution >= 0.6 is 0 Å². The molecular weight excluding hydrogens is 266 g/mol. The highest BCUT2D eigenvalue weighted by molar-refractivity contribution is 5.65. The Bertz CT molecular complexity index is 671. The molecule has 0 aliphatic heterocycles. The monoisotopic (exact) mass is 291 g/mol. The van der Waals surface area contributed by atoms with E-state index in [-0.39, 0.29) is 0 Å². The minimum Gasteiger partial charge on any atom is -0.380 e. The van der Waals surface area contributed by atoms with Gasteiger partial charge in [-0.25, -0.2) is 0 Å². The average molecular weight is 291 g/mol. The fourth-order valence-electron chi connectivity index (χ4n) is 2.24. The molecule has 0 bridgehead atoms. The van der Waals surface area contributed by atoms with Gasteiger partial charge in [-0.2, -0.15) is 0 Å². The first-order chi connectivity index (χ1) is 10.6. The molecule has 1 heteroatoms. The van der Waals surface area contributed by atoms with Crippen molar-refractivity contribution in [1.82, 2.24) is 5.32 Å². The van der Waals surface area contributed by atoms with Gasteiger partial charge in [0, 0.05) is 12.2 Å². The van der Waals surface area contributed by atoms with E-state index < -0.39 is 0 Å². The Morgan fingerprint density at radius 3 is 2.23 bits per heavy atom. The van der Waals surface area contributed by atoms with E-state index in [0.717, 1.165) is 12.2 Å². The zero-order valence-electron chi connectivity index (χ0n) is 14.0. The van der Waals surface area contributed by atoms with E-state index in [9.17, 15) is 0 Å². The van der Waals surface area contributed by atoms with Crippen LogP contribution in [0.15, 0.2) is 66.3 Å². The van der Waals surface area contributed by atoms with E-state index in [4.69, 9.17) is 0 Å². The number of aryl methyl sites for hydroxylation is 2. The van der Waals surface area contributed by atoms with Crippen LogP contribution in [0.4, 0.5) is 0 Å². The van der Waals surface area contributed by atoms with Crippen molar-refractivity contribution in [2.24, 2.45) is 0 Å². The lowest BCUT2D eigenvalue weighted by molar-refractivity contribution is 0.881. The Morgan fingerprint density at radius 1 is 0.909 bits per heavy atom. The molecule has 2 aromatic carbocycles. The summed E-state index contributed by atoms with van der Waals surface area (Å²) >= 11 is 0. The third kappa shape index (κ3) is 4.63. The molecule has 114 valence electrons. The maximum Gasteiger partial charge on any atom is 0.0416 e. The van der Waals surface area contributed by atoms with Crippen molar-refractivity contribution >= 4 is 5.70 Å². The first-order valence-electron chi connectivity index (χ1n) is 7.77. The third-order valence-corrected chi connectivity index (χ3v) is 3.68. The number of benzene rings is 2. The van der Waals surface area contributed by atoms with Crippen molar-refractivity contribution in [2.45, 2.75) is 34.2 Å². The fraction of sp³-hybridized carbons (Fsp3) is 0.238. The molecule has 0 amide bonds. The number of hydrogen-bond acceptors (Lipinski definition) is 1. The summed E-state index contributed by atoms with van der Waals surface area (Å²) in [4.78, 5) is 0. The Kier molecular flexibility index (Phi) is 5.60. The zero-order chi connectivity index (χ0) is 15.9. The van der Waals surface area contributed by atoms with Crippen molar-refractivity contribution in [1.29, 1.82) is 0 Å². The Hall–Kier alpha value is -2.28. The predicted molar refractivity (Wildman–Crippen MR) is 96.6 cm³/mol. The van der Waals surface area contributed by atoms with Crippen molar-refractivity contribution in [3.05, 3.63) is 88.5 Å². The van der Waals surface area contributed by atoms with Gasteiger partial charge < -0.3 is 5.32 Å². The third-order valence-electron chi connectivity index (χ3n) is 3.68. The first kappa shape index (κ1) is 16.1. The minimum atomic E-state index is 0.836. The minimum absolute atomic E-state index is 0.836. The molecule has 0 aliphatic carbocycles. The van der Waals surface area contributed by atoms with E-state index in [2.05, 4.69) is 93.7 Å². The van der Waals surface area contributed by atoms with E-state index >= 15 is 0 Å². The molecule has 0 saturated carbocycles. The number of allylic oxidation sites excluding steroid dienone is 3. The molecule has 2 aromatic rings. The standard InChI is InChI=1S/C21H25N/c1-16(2)9-14-21(19-12-10-17(3)11-13-19)22-15-20-8-6-5-7-18(20)4/h5-14,22H,15H2,1-4H3/b21-14-. The summed E-state index contributed by atoms with van der Waals surface area (Å²) < 4.78 is 0. The summed E-state index contributed by atoms with van der Waals surface area (Å²) in [5.41, 5.74) is 7.60. The molecule has 0 fully saturated rings. The van der Waals surface area contributed by atoms with Gasteiger partial charge in [-0.05, 0) is 50.5 Å². The molecular formula is C21H25N. The van der Waals surface area contributed by atoms with E-state index in [0.29, 0.717) is 0 Å². The lowest BCUT2D eigenvalue weighted by atomic mass is 10.1. The highest BCUT2D eigenvalue weighted by Crippen LogP contribution is 2.15. The smallest absolute Gasteiger partial charge is 0.0416 e. The summed E-state index contributed by atoms with van der Waals surface area (Å²) in [6.45, 7) is 9.34. The van der Waals surface area contributed by atoms with Gasteiger partial charge in [0.1, 0.15) is 0 Å². The van der Waals surface area contributed by atoms with Gasteiger partial charge in [0.2, 0.25) is 0 Å². The van der Waals surface area contributed by atoms with Gasteiger partial charge in [0.15, 0.2) is 0 Å². The molecule has 0 unspecified atom stereocenters. The summed E-state index contributed by atoms with van der Waals surface area (Å²) in [6.07, 6.45) is 4.32. The molecule has 0 aliphatic rings. The predicted octanol–water partition coefficient (Wildman–Crippen LogP) is 5.40. The van der Waals surface area contributed by atoms with Crippen LogP contribution < -0.4 is 5.32 Å². The summed E-state index contributed by atoms with van der Waals surface area (Å²) in [7, 11) is 0. The van der Waals surface area contributed by atoms with Crippen LogP contribution in [0.2, 0.25) is 0 Å². The van der Waals surface area contributed by atoms with Crippen LogP contribution in [0.3, 0.4) is 0 Å². The molecule has 0 radical (unpaired) electrons. The van der Waals surface area contributed by atoms with Crippen molar-refractivity contribution in [2.75, 3.05) is 0 Å². The van der Waals surface area contributed by atoms with Crippen molar-refractivity contribution in [3.8, 4) is 0 Å². The molecule has 22 heavy (non-hydrogen) atoms. The van der Waals surface area contributed by atoms with Crippen LogP contribution in [0.25, 0.3) is 5.70 Å². The molecule has 1 N–H and O–H groups in total. The second-order valence-electron chi connectivity index (χ2n) is 5.97. The van der Waals surface area contributed by atoms with Gasteiger partial charge >= 0.3 is 0 Å². The highest BCUT2D eigenvalue weighted by Gasteiger charge is 2.02. The normalized spacial score (nSPS) is 11.2. The fourth-order valence-corrected chi connectivity index (χ4v) is 2.24. The zero-order valence-corrected chi connectivity index (χ0v) is 14.0. The van der Waals surface area contributed by atoms with E-state index in [1.54, 1.807) is 0 Å². The van der Waals surface area contributed by atoms with Crippen LogP contribution in [-0.2, 0) is 6.54 Å². The lowest BCUT2D eigenvalue weighted by Gasteiger charge is -2.13. The van der Waals surface area contributed by atoms with Crippen molar-refractivity contribution in [3.63, 3.8) is 0 Å². The topological polar surface area (TPSA) is 12.0 Å². The van der Waals surface area contributed by atoms with Crippen LogP contribution in [0, 0.1) is 13.8 Å². The summed E-state index contributed by atoms with van der Waals surface area (Å²) in [6, 6.07) is 17.2. The second-order valence-corrected chi connectivity index (χ2v) is 5.97. The van der Waals surface area contributed by atoms with Gasteiger partial charge in [-0.15, -0.1) is 0 Å². The molecule has 0 atom stereocenters. The second kappa shape index (κ2) is 7.65. The quantitative estimate of drug-likeness (QED) is 0.727. The highest BCUT2D eigenvalue weighted by atomic mass is 14.9. The molecule has 1 nitrogen and oxygen atoms in total. The summed E-state index contributed by atoms with van der Waals surface area (Å²) in [5.74, 6) is 0. The lowest BCUT2D eigenvalue weighted by Crippen LogP contribution is -2.12. The first-order valence-corrected chi connectivity index (χ1v) is 7.77. The number of nitrogens with one attached hydrogen (secondary N) is 1. The van der Waals surface area contributed by atoms with Gasteiger partial charge in [0.25, 0.3) is 0 Å². The number of hydrogen-bond donors (Lipinski definition) is 1. The SMILES string of the molecule is CC(C)=C/C=C(\NCc1ccccc1C)c1ccc(C)cc1. The van der Waals surface area contributed by atoms with Crippen LogP contribution in [0.1, 0.15) is 36.1 Å². The Balaban J connectivity index is 2.22.